The van der Waals surface area contributed by atoms with Gasteiger partial charge in [0.25, 0.3) is 5.91 Å². The first-order valence-electron chi connectivity index (χ1n) is 9.50. The van der Waals surface area contributed by atoms with Crippen molar-refractivity contribution in [2.75, 3.05) is 23.9 Å². The summed E-state index contributed by atoms with van der Waals surface area (Å²) < 4.78 is 10.3. The fraction of sp³-hybridized carbons (Fsp3) is 0.318. The lowest BCUT2D eigenvalue weighted by Crippen LogP contribution is -2.45. The Labute approximate surface area is 169 Å². The number of hydrogen-bond acceptors (Lipinski definition) is 5. The Balaban J connectivity index is 1.74. The van der Waals surface area contributed by atoms with Crippen molar-refractivity contribution in [1.82, 2.24) is 0 Å². The topological polar surface area (TPSA) is 84.9 Å². The van der Waals surface area contributed by atoms with E-state index in [9.17, 15) is 14.4 Å². The fourth-order valence-corrected chi connectivity index (χ4v) is 3.14. The molecule has 0 radical (unpaired) electrons. The summed E-state index contributed by atoms with van der Waals surface area (Å²) in [5.74, 6) is -0.270. The van der Waals surface area contributed by atoms with E-state index in [0.29, 0.717) is 30.1 Å². The number of rotatable bonds is 7. The van der Waals surface area contributed by atoms with Crippen LogP contribution >= 0.6 is 0 Å². The molecule has 1 unspecified atom stereocenters. The number of amides is 2. The Kier molecular flexibility index (Phi) is 6.49. The van der Waals surface area contributed by atoms with Crippen LogP contribution in [0.2, 0.25) is 0 Å². The summed E-state index contributed by atoms with van der Waals surface area (Å²) in [6.45, 7) is 2.23. The SMILES string of the molecule is COC(=O)CCC(=O)Nc1ccc2c(c1)N(CCc1ccccc1)C(=O)C(C)O2. The first kappa shape index (κ1) is 20.4. The molecule has 1 aliphatic heterocycles. The van der Waals surface area contributed by atoms with Crippen LogP contribution in [0.25, 0.3) is 0 Å². The second-order valence-electron chi connectivity index (χ2n) is 6.79. The molecule has 3 rings (SSSR count). The summed E-state index contributed by atoms with van der Waals surface area (Å²) in [5.41, 5.74) is 2.29. The van der Waals surface area contributed by atoms with E-state index in [1.807, 2.05) is 30.3 Å². The van der Waals surface area contributed by atoms with E-state index in [0.717, 1.165) is 5.56 Å². The highest BCUT2D eigenvalue weighted by Gasteiger charge is 2.31. The molecule has 1 atom stereocenters. The predicted molar refractivity (Wildman–Crippen MR) is 109 cm³/mol. The van der Waals surface area contributed by atoms with E-state index in [4.69, 9.17) is 4.74 Å². The number of benzene rings is 2. The smallest absolute Gasteiger partial charge is 0.306 e. The average molecular weight is 396 g/mol. The van der Waals surface area contributed by atoms with Gasteiger partial charge in [-0.3, -0.25) is 14.4 Å². The molecule has 29 heavy (non-hydrogen) atoms. The quantitative estimate of drug-likeness (QED) is 0.728. The molecule has 7 heteroatoms. The van der Waals surface area contributed by atoms with E-state index in [2.05, 4.69) is 10.1 Å². The summed E-state index contributed by atoms with van der Waals surface area (Å²) in [6, 6.07) is 15.1. The number of esters is 1. The third kappa shape index (κ3) is 5.13. The second-order valence-corrected chi connectivity index (χ2v) is 6.79. The summed E-state index contributed by atoms with van der Waals surface area (Å²) in [7, 11) is 1.28. The van der Waals surface area contributed by atoms with Gasteiger partial charge < -0.3 is 19.7 Å². The van der Waals surface area contributed by atoms with Crippen molar-refractivity contribution in [2.45, 2.75) is 32.3 Å². The second kappa shape index (κ2) is 9.23. The van der Waals surface area contributed by atoms with Crippen LogP contribution in [0.3, 0.4) is 0 Å². The minimum atomic E-state index is -0.571. The first-order valence-corrected chi connectivity index (χ1v) is 9.50. The zero-order valence-corrected chi connectivity index (χ0v) is 16.5. The molecule has 2 aromatic rings. The number of fused-ring (bicyclic) bond motifs is 1. The van der Waals surface area contributed by atoms with Crippen LogP contribution in [-0.2, 0) is 25.5 Å². The monoisotopic (exact) mass is 396 g/mol. The molecule has 1 N–H and O–H groups in total. The van der Waals surface area contributed by atoms with E-state index >= 15 is 0 Å². The number of ether oxygens (including phenoxy) is 2. The van der Waals surface area contributed by atoms with Crippen molar-refractivity contribution >= 4 is 29.2 Å². The Bertz CT molecular complexity index is 897. The Morgan fingerprint density at radius 2 is 1.90 bits per heavy atom. The first-order chi connectivity index (χ1) is 14.0. The molecule has 1 aliphatic rings. The number of anilines is 2. The summed E-state index contributed by atoms with van der Waals surface area (Å²) in [5, 5.41) is 2.75. The largest absolute Gasteiger partial charge is 0.479 e. The number of carbonyl (C=O) groups excluding carboxylic acids is 3. The number of carbonyl (C=O) groups is 3. The van der Waals surface area contributed by atoms with Gasteiger partial charge >= 0.3 is 5.97 Å². The third-order valence-corrected chi connectivity index (χ3v) is 4.70. The lowest BCUT2D eigenvalue weighted by molar-refractivity contribution is -0.141. The van der Waals surface area contributed by atoms with Crippen LogP contribution in [0.5, 0.6) is 5.75 Å². The molecule has 2 amide bonds. The van der Waals surface area contributed by atoms with E-state index in [-0.39, 0.29) is 24.7 Å². The maximum absolute atomic E-state index is 12.7. The number of hydrogen-bond donors (Lipinski definition) is 1. The third-order valence-electron chi connectivity index (χ3n) is 4.70. The van der Waals surface area contributed by atoms with Gasteiger partial charge in [0.15, 0.2) is 6.10 Å². The van der Waals surface area contributed by atoms with Crippen molar-refractivity contribution in [3.63, 3.8) is 0 Å². The molecule has 7 nitrogen and oxygen atoms in total. The highest BCUT2D eigenvalue weighted by molar-refractivity contribution is 6.01. The van der Waals surface area contributed by atoms with Gasteiger partial charge in [-0.15, -0.1) is 0 Å². The zero-order chi connectivity index (χ0) is 20.8. The lowest BCUT2D eigenvalue weighted by Gasteiger charge is -2.33. The van der Waals surface area contributed by atoms with E-state index < -0.39 is 12.1 Å². The predicted octanol–water partition coefficient (Wildman–Crippen LogP) is 2.93. The van der Waals surface area contributed by atoms with Gasteiger partial charge in [-0.25, -0.2) is 0 Å². The van der Waals surface area contributed by atoms with Gasteiger partial charge in [0.1, 0.15) is 5.75 Å². The van der Waals surface area contributed by atoms with Crippen molar-refractivity contribution in [2.24, 2.45) is 0 Å². The van der Waals surface area contributed by atoms with Crippen LogP contribution in [0.15, 0.2) is 48.5 Å². The van der Waals surface area contributed by atoms with Crippen molar-refractivity contribution < 1.29 is 23.9 Å². The number of nitrogens with one attached hydrogen (secondary N) is 1. The normalized spacial score (nSPS) is 15.3. The van der Waals surface area contributed by atoms with Gasteiger partial charge in [-0.05, 0) is 37.1 Å². The van der Waals surface area contributed by atoms with Crippen LogP contribution in [-0.4, -0.2) is 37.5 Å². The number of nitrogens with zero attached hydrogens (tertiary/aromatic N) is 1. The molecule has 152 valence electrons. The van der Waals surface area contributed by atoms with E-state index in [1.165, 1.54) is 7.11 Å². The molecular formula is C22H24N2O5. The molecule has 1 heterocycles. The molecule has 0 aliphatic carbocycles. The maximum atomic E-state index is 12.7. The van der Waals surface area contributed by atoms with Gasteiger partial charge in [0, 0.05) is 18.7 Å². The molecule has 0 bridgehead atoms. The summed E-state index contributed by atoms with van der Waals surface area (Å²) >= 11 is 0. The standard InChI is InChI=1S/C22H24N2O5/c1-15-22(27)24(13-12-16-6-4-3-5-7-16)18-14-17(8-9-19(18)29-15)23-20(25)10-11-21(26)28-2/h3-9,14-15H,10-13H2,1-2H3,(H,23,25). The van der Waals surface area contributed by atoms with Crippen molar-refractivity contribution in [3.8, 4) is 5.75 Å². The highest BCUT2D eigenvalue weighted by atomic mass is 16.5. The highest BCUT2D eigenvalue weighted by Crippen LogP contribution is 2.36. The molecule has 2 aromatic carbocycles. The van der Waals surface area contributed by atoms with Gasteiger partial charge in [-0.2, -0.15) is 0 Å². The molecule has 0 aromatic heterocycles. The Hall–Kier alpha value is -3.35. The van der Waals surface area contributed by atoms with Crippen LogP contribution in [0, 0.1) is 0 Å². The maximum Gasteiger partial charge on any atom is 0.306 e. The summed E-state index contributed by atoms with van der Waals surface area (Å²) in [4.78, 5) is 37.7. The zero-order valence-electron chi connectivity index (χ0n) is 16.5. The average Bonchev–Trinajstić information content (AvgIpc) is 2.73. The van der Waals surface area contributed by atoms with Gasteiger partial charge in [-0.1, -0.05) is 30.3 Å². The molecule has 0 saturated carbocycles. The lowest BCUT2D eigenvalue weighted by atomic mass is 10.1. The van der Waals surface area contributed by atoms with Crippen molar-refractivity contribution in [1.29, 1.82) is 0 Å². The van der Waals surface area contributed by atoms with Crippen molar-refractivity contribution in [3.05, 3.63) is 54.1 Å². The fourth-order valence-electron chi connectivity index (χ4n) is 3.14. The molecular weight excluding hydrogens is 372 g/mol. The van der Waals surface area contributed by atoms with Gasteiger partial charge in [0.2, 0.25) is 5.91 Å². The molecule has 0 spiro atoms. The van der Waals surface area contributed by atoms with Gasteiger partial charge in [0.05, 0.1) is 19.2 Å². The van der Waals surface area contributed by atoms with Crippen LogP contribution < -0.4 is 15.0 Å². The minimum Gasteiger partial charge on any atom is -0.479 e. The molecule has 0 fully saturated rings. The van der Waals surface area contributed by atoms with Crippen LogP contribution in [0.4, 0.5) is 11.4 Å². The number of methoxy groups -OCH3 is 1. The minimum absolute atomic E-state index is 0.00951. The Morgan fingerprint density at radius 1 is 1.14 bits per heavy atom. The van der Waals surface area contributed by atoms with Crippen LogP contribution in [0.1, 0.15) is 25.3 Å². The Morgan fingerprint density at radius 3 is 2.62 bits per heavy atom. The summed E-state index contributed by atoms with van der Waals surface area (Å²) in [6.07, 6.45) is 0.164. The van der Waals surface area contributed by atoms with E-state index in [1.54, 1.807) is 30.0 Å². The molecule has 0 saturated heterocycles.